The third kappa shape index (κ3) is 3.97. The quantitative estimate of drug-likeness (QED) is 0.324. The Hall–Kier alpha value is -2.58. The zero-order valence-electron chi connectivity index (χ0n) is 13.7. The molecule has 0 aromatic heterocycles. The molecule has 0 spiro atoms. The number of benzene rings is 2. The number of hydrogen-bond donors (Lipinski definition) is 0. The zero-order valence-corrected chi connectivity index (χ0v) is 15.4. The van der Waals surface area contributed by atoms with Gasteiger partial charge in [-0.15, -0.1) is 11.8 Å². The molecular formula is C18H14N2O4S2. The summed E-state index contributed by atoms with van der Waals surface area (Å²) in [6.45, 7) is 0.00903. The Balaban J connectivity index is 1.79. The molecule has 2 aromatic rings. The number of rotatable bonds is 5. The fraction of sp³-hybridized carbons (Fsp3) is 0.111. The molecule has 1 heterocycles. The Labute approximate surface area is 158 Å². The normalized spacial score (nSPS) is 15.7. The molecule has 2 aromatic carbocycles. The van der Waals surface area contributed by atoms with Crippen LogP contribution in [0.5, 0.6) is 0 Å². The standard InChI is InChI=1S/C18H14N2O4S2/c1-25-15-7-5-12(6-8-15)10-16-17(21)19(18(22)26-16)11-13-3-2-4-14(9-13)20(23)24/h2-10H,11H2,1H3. The Kier molecular flexibility index (Phi) is 5.43. The molecular weight excluding hydrogens is 372 g/mol. The second kappa shape index (κ2) is 7.76. The monoisotopic (exact) mass is 386 g/mol. The summed E-state index contributed by atoms with van der Waals surface area (Å²) in [5.41, 5.74) is 1.30. The topological polar surface area (TPSA) is 80.5 Å². The minimum atomic E-state index is -0.505. The first-order chi connectivity index (χ1) is 12.5. The molecule has 0 unspecified atom stereocenters. The van der Waals surface area contributed by atoms with Gasteiger partial charge in [0.1, 0.15) is 0 Å². The zero-order chi connectivity index (χ0) is 18.7. The van der Waals surface area contributed by atoms with E-state index in [1.54, 1.807) is 23.9 Å². The minimum Gasteiger partial charge on any atom is -0.268 e. The van der Waals surface area contributed by atoms with Crippen LogP contribution < -0.4 is 0 Å². The highest BCUT2D eigenvalue weighted by Crippen LogP contribution is 2.33. The van der Waals surface area contributed by atoms with Crippen LogP contribution in [-0.4, -0.2) is 27.2 Å². The Morgan fingerprint density at radius 2 is 1.92 bits per heavy atom. The molecule has 0 bridgehead atoms. The highest BCUT2D eigenvalue weighted by atomic mass is 32.2. The van der Waals surface area contributed by atoms with Crippen molar-refractivity contribution in [3.8, 4) is 0 Å². The Morgan fingerprint density at radius 1 is 1.19 bits per heavy atom. The summed E-state index contributed by atoms with van der Waals surface area (Å²) in [7, 11) is 0. The number of carbonyl (C=O) groups excluding carboxylic acids is 2. The molecule has 1 aliphatic heterocycles. The average Bonchev–Trinajstić information content (AvgIpc) is 2.90. The third-order valence-corrected chi connectivity index (χ3v) is 5.40. The predicted molar refractivity (Wildman–Crippen MR) is 103 cm³/mol. The van der Waals surface area contributed by atoms with E-state index in [0.29, 0.717) is 10.5 Å². The molecule has 0 aliphatic carbocycles. The fourth-order valence-electron chi connectivity index (χ4n) is 2.44. The molecule has 6 nitrogen and oxygen atoms in total. The highest BCUT2D eigenvalue weighted by molar-refractivity contribution is 8.18. The number of hydrogen-bond acceptors (Lipinski definition) is 6. The second-order valence-electron chi connectivity index (χ2n) is 5.47. The Morgan fingerprint density at radius 3 is 2.58 bits per heavy atom. The van der Waals surface area contributed by atoms with E-state index in [2.05, 4.69) is 0 Å². The molecule has 1 aliphatic rings. The van der Waals surface area contributed by atoms with E-state index in [1.807, 2.05) is 30.5 Å². The van der Waals surface area contributed by atoms with Gasteiger partial charge in [-0.3, -0.25) is 24.6 Å². The maximum Gasteiger partial charge on any atom is 0.293 e. The van der Waals surface area contributed by atoms with Crippen molar-refractivity contribution in [1.82, 2.24) is 4.90 Å². The summed E-state index contributed by atoms with van der Waals surface area (Å²) >= 11 is 2.50. The largest absolute Gasteiger partial charge is 0.293 e. The molecule has 132 valence electrons. The summed E-state index contributed by atoms with van der Waals surface area (Å²) in [5, 5.41) is 10.5. The average molecular weight is 386 g/mol. The van der Waals surface area contributed by atoms with Gasteiger partial charge >= 0.3 is 0 Å². The summed E-state index contributed by atoms with van der Waals surface area (Å²) in [4.78, 5) is 37.7. The van der Waals surface area contributed by atoms with Crippen molar-refractivity contribution >= 4 is 46.4 Å². The lowest BCUT2D eigenvalue weighted by Crippen LogP contribution is -2.27. The maximum absolute atomic E-state index is 12.5. The highest BCUT2D eigenvalue weighted by Gasteiger charge is 2.35. The van der Waals surface area contributed by atoms with E-state index in [9.17, 15) is 19.7 Å². The van der Waals surface area contributed by atoms with E-state index in [4.69, 9.17) is 0 Å². The third-order valence-electron chi connectivity index (χ3n) is 3.75. The number of nitro groups is 1. The van der Waals surface area contributed by atoms with Gasteiger partial charge in [-0.05, 0) is 47.4 Å². The van der Waals surface area contributed by atoms with Gasteiger partial charge in [0.05, 0.1) is 16.4 Å². The minimum absolute atomic E-state index is 0.00903. The molecule has 2 amide bonds. The maximum atomic E-state index is 12.5. The van der Waals surface area contributed by atoms with Crippen LogP contribution in [-0.2, 0) is 11.3 Å². The van der Waals surface area contributed by atoms with Gasteiger partial charge in [-0.1, -0.05) is 24.3 Å². The number of nitrogens with zero attached hydrogens (tertiary/aromatic N) is 2. The van der Waals surface area contributed by atoms with Crippen molar-refractivity contribution in [3.63, 3.8) is 0 Å². The second-order valence-corrected chi connectivity index (χ2v) is 7.34. The first-order valence-electron chi connectivity index (χ1n) is 7.60. The molecule has 1 fully saturated rings. The van der Waals surface area contributed by atoms with Gasteiger partial charge < -0.3 is 0 Å². The van der Waals surface area contributed by atoms with Gasteiger partial charge in [-0.2, -0.15) is 0 Å². The van der Waals surface area contributed by atoms with Gasteiger partial charge in [-0.25, -0.2) is 0 Å². The summed E-state index contributed by atoms with van der Waals surface area (Å²) in [6.07, 6.45) is 3.66. The predicted octanol–water partition coefficient (Wildman–Crippen LogP) is 4.55. The molecule has 0 atom stereocenters. The number of thioether (sulfide) groups is 2. The van der Waals surface area contributed by atoms with E-state index >= 15 is 0 Å². The Bertz CT molecular complexity index is 910. The van der Waals surface area contributed by atoms with Crippen LogP contribution in [0.15, 0.2) is 58.3 Å². The van der Waals surface area contributed by atoms with E-state index in [1.165, 1.54) is 18.2 Å². The first-order valence-corrected chi connectivity index (χ1v) is 9.65. The number of non-ortho nitro benzene ring substituents is 1. The molecule has 0 N–H and O–H groups in total. The summed E-state index contributed by atoms with van der Waals surface area (Å²) < 4.78 is 0. The molecule has 0 saturated carbocycles. The van der Waals surface area contributed by atoms with E-state index in [0.717, 1.165) is 27.1 Å². The number of imide groups is 1. The van der Waals surface area contributed by atoms with Crippen LogP contribution in [0.1, 0.15) is 11.1 Å². The molecule has 3 rings (SSSR count). The van der Waals surface area contributed by atoms with Crippen LogP contribution in [0.3, 0.4) is 0 Å². The van der Waals surface area contributed by atoms with Crippen molar-refractivity contribution < 1.29 is 14.5 Å². The molecule has 1 saturated heterocycles. The van der Waals surface area contributed by atoms with Gasteiger partial charge in [0.25, 0.3) is 16.8 Å². The van der Waals surface area contributed by atoms with Crippen LogP contribution in [0.25, 0.3) is 6.08 Å². The lowest BCUT2D eigenvalue weighted by atomic mass is 10.2. The molecule has 0 radical (unpaired) electrons. The lowest BCUT2D eigenvalue weighted by Gasteiger charge is -2.12. The SMILES string of the molecule is CSc1ccc(C=C2SC(=O)N(Cc3cccc([N+](=O)[O-])c3)C2=O)cc1. The summed E-state index contributed by atoms with van der Waals surface area (Å²) in [5.74, 6) is -0.388. The van der Waals surface area contributed by atoms with Crippen molar-refractivity contribution in [2.75, 3.05) is 6.26 Å². The lowest BCUT2D eigenvalue weighted by molar-refractivity contribution is -0.384. The number of amides is 2. The van der Waals surface area contributed by atoms with Crippen LogP contribution >= 0.6 is 23.5 Å². The fourth-order valence-corrected chi connectivity index (χ4v) is 3.69. The van der Waals surface area contributed by atoms with Gasteiger partial charge in [0.2, 0.25) is 0 Å². The van der Waals surface area contributed by atoms with Crippen molar-refractivity contribution in [2.45, 2.75) is 11.4 Å². The van der Waals surface area contributed by atoms with Crippen LogP contribution in [0.2, 0.25) is 0 Å². The van der Waals surface area contributed by atoms with Gasteiger partial charge in [0, 0.05) is 17.0 Å². The van der Waals surface area contributed by atoms with Crippen LogP contribution in [0, 0.1) is 10.1 Å². The number of nitro benzene ring substituents is 1. The molecule has 8 heteroatoms. The van der Waals surface area contributed by atoms with E-state index < -0.39 is 4.92 Å². The first kappa shape index (κ1) is 18.2. The smallest absolute Gasteiger partial charge is 0.268 e. The van der Waals surface area contributed by atoms with Crippen molar-refractivity contribution in [3.05, 3.63) is 74.7 Å². The summed E-state index contributed by atoms with van der Waals surface area (Å²) in [6, 6.07) is 13.6. The van der Waals surface area contributed by atoms with Crippen LogP contribution in [0.4, 0.5) is 10.5 Å². The molecule has 26 heavy (non-hydrogen) atoms. The number of carbonyl (C=O) groups is 2. The van der Waals surface area contributed by atoms with Crippen molar-refractivity contribution in [2.24, 2.45) is 0 Å². The van der Waals surface area contributed by atoms with Crippen molar-refractivity contribution in [1.29, 1.82) is 0 Å². The van der Waals surface area contributed by atoms with E-state index in [-0.39, 0.29) is 23.4 Å². The van der Waals surface area contributed by atoms with Gasteiger partial charge in [0.15, 0.2) is 0 Å².